The Bertz CT molecular complexity index is 470. The van der Waals surface area contributed by atoms with E-state index in [9.17, 15) is 0 Å². The fourth-order valence-electron chi connectivity index (χ4n) is 1.08. The summed E-state index contributed by atoms with van der Waals surface area (Å²) in [5, 5.41) is 10.0. The summed E-state index contributed by atoms with van der Waals surface area (Å²) in [5.74, 6) is 6.23. The molecule has 0 unspecified atom stereocenters. The van der Waals surface area contributed by atoms with E-state index < -0.39 is 0 Å². The third-order valence-corrected chi connectivity index (χ3v) is 2.01. The lowest BCUT2D eigenvalue weighted by molar-refractivity contribution is 1.01. The Morgan fingerprint density at radius 3 is 2.88 bits per heavy atom. The minimum atomic E-state index is 0.436. The van der Waals surface area contributed by atoms with Gasteiger partial charge in [0.2, 0.25) is 0 Å². The molecule has 0 aromatic carbocycles. The quantitative estimate of drug-likeness (QED) is 0.444. The van der Waals surface area contributed by atoms with Crippen LogP contribution in [0.3, 0.4) is 0 Å². The first-order chi connectivity index (χ1) is 7.58. The van der Waals surface area contributed by atoms with Crippen LogP contribution in [0.15, 0.2) is 36.8 Å². The van der Waals surface area contributed by atoms with Gasteiger partial charge in [0.1, 0.15) is 11.9 Å². The maximum Gasteiger partial charge on any atom is 0.147 e. The van der Waals surface area contributed by atoms with E-state index in [1.165, 1.54) is 23.5 Å². The molecule has 1 aromatic heterocycles. The van der Waals surface area contributed by atoms with E-state index in [-0.39, 0.29) is 0 Å². The molecule has 1 heterocycles. The molecule has 82 valence electrons. The average molecular weight is 215 g/mol. The van der Waals surface area contributed by atoms with Crippen LogP contribution in [0.4, 0.5) is 5.82 Å². The van der Waals surface area contributed by atoms with E-state index in [1.54, 1.807) is 6.07 Å². The number of rotatable bonds is 3. The molecule has 0 aliphatic carbocycles. The van der Waals surface area contributed by atoms with Crippen LogP contribution < -0.4 is 16.6 Å². The molecular weight excluding hydrogens is 202 g/mol. The van der Waals surface area contributed by atoms with E-state index in [4.69, 9.17) is 16.8 Å². The maximum absolute atomic E-state index is 8.75. The highest BCUT2D eigenvalue weighted by Crippen LogP contribution is 2.13. The summed E-state index contributed by atoms with van der Waals surface area (Å²) in [6.07, 6.45) is 4.46. The molecule has 1 aromatic rings. The van der Waals surface area contributed by atoms with Crippen LogP contribution in [0.2, 0.25) is 0 Å². The van der Waals surface area contributed by atoms with Gasteiger partial charge in [0.15, 0.2) is 0 Å². The first kappa shape index (κ1) is 11.8. The van der Waals surface area contributed by atoms with Crippen molar-refractivity contribution in [2.45, 2.75) is 6.92 Å². The minimum Gasteiger partial charge on any atom is -0.398 e. The maximum atomic E-state index is 8.75. The van der Waals surface area contributed by atoms with Crippen LogP contribution in [0.1, 0.15) is 11.1 Å². The number of hydrogen-bond acceptors (Lipinski definition) is 5. The van der Waals surface area contributed by atoms with Crippen LogP contribution in [-0.2, 0) is 0 Å². The van der Waals surface area contributed by atoms with Crippen molar-refractivity contribution in [1.82, 2.24) is 4.98 Å². The number of anilines is 1. The molecule has 0 bridgehead atoms. The fraction of sp³-hybridized carbons (Fsp3) is 0.0909. The summed E-state index contributed by atoms with van der Waals surface area (Å²) in [6.45, 7) is 5.33. The highest BCUT2D eigenvalue weighted by Gasteiger charge is 2.04. The average Bonchev–Trinajstić information content (AvgIpc) is 2.28. The molecule has 16 heavy (non-hydrogen) atoms. The highest BCUT2D eigenvalue weighted by molar-refractivity contribution is 5.48. The molecule has 4 N–H and O–H groups in total. The Kier molecular flexibility index (Phi) is 3.64. The van der Waals surface area contributed by atoms with Gasteiger partial charge in [-0.1, -0.05) is 6.58 Å². The Morgan fingerprint density at radius 2 is 2.38 bits per heavy atom. The number of nitrogens with zero attached hydrogens (tertiary/aromatic N) is 3. The molecule has 0 aliphatic rings. The number of hydrogen-bond donors (Lipinski definition) is 2. The number of hydrazine groups is 1. The Balaban J connectivity index is 3.03. The van der Waals surface area contributed by atoms with Crippen molar-refractivity contribution in [2.24, 2.45) is 11.6 Å². The lowest BCUT2D eigenvalue weighted by Gasteiger charge is -2.13. The van der Waals surface area contributed by atoms with Crippen LogP contribution >= 0.6 is 0 Å². The molecule has 0 radical (unpaired) electrons. The molecule has 0 saturated heterocycles. The summed E-state index contributed by atoms with van der Waals surface area (Å²) in [5.41, 5.74) is 7.32. The van der Waals surface area contributed by atoms with Gasteiger partial charge in [-0.05, 0) is 24.6 Å². The Labute approximate surface area is 94.3 Å². The normalized spacial score (nSPS) is 10.7. The van der Waals surface area contributed by atoms with Crippen molar-refractivity contribution in [3.63, 3.8) is 0 Å². The molecule has 0 spiro atoms. The number of pyridine rings is 1. The standard InChI is InChI=1S/C11H13N5/c1-3-10(13)7-16(14)11-4-8(2)9(5-12)6-15-11/h3-4,6-7H,1,13-14H2,2H3/b10-7-. The summed E-state index contributed by atoms with van der Waals surface area (Å²) < 4.78 is 0. The van der Waals surface area contributed by atoms with Crippen molar-refractivity contribution in [1.29, 1.82) is 5.26 Å². The van der Waals surface area contributed by atoms with Gasteiger partial charge in [0.25, 0.3) is 0 Å². The SMILES string of the molecule is C=C/C(N)=C/N(N)c1cc(C)c(C#N)cn1. The summed E-state index contributed by atoms with van der Waals surface area (Å²) in [4.78, 5) is 4.04. The third-order valence-electron chi connectivity index (χ3n) is 2.01. The largest absolute Gasteiger partial charge is 0.398 e. The molecule has 1 rings (SSSR count). The van der Waals surface area contributed by atoms with E-state index in [2.05, 4.69) is 11.6 Å². The smallest absolute Gasteiger partial charge is 0.147 e. The lowest BCUT2D eigenvalue weighted by Crippen LogP contribution is -2.26. The summed E-state index contributed by atoms with van der Waals surface area (Å²) in [6, 6.07) is 3.75. The first-order valence-electron chi connectivity index (χ1n) is 4.59. The van der Waals surface area contributed by atoms with Crippen molar-refractivity contribution in [3.05, 3.63) is 47.9 Å². The van der Waals surface area contributed by atoms with Crippen molar-refractivity contribution >= 4 is 5.82 Å². The topological polar surface area (TPSA) is 92.0 Å². The molecular formula is C11H13N5. The summed E-state index contributed by atoms with van der Waals surface area (Å²) in [7, 11) is 0. The monoisotopic (exact) mass is 215 g/mol. The molecule has 0 aliphatic heterocycles. The zero-order valence-corrected chi connectivity index (χ0v) is 9.01. The number of aryl methyl sites for hydroxylation is 1. The minimum absolute atomic E-state index is 0.436. The first-order valence-corrected chi connectivity index (χ1v) is 4.59. The van der Waals surface area contributed by atoms with E-state index in [0.29, 0.717) is 17.1 Å². The lowest BCUT2D eigenvalue weighted by atomic mass is 10.2. The number of nitrogens with two attached hydrogens (primary N) is 2. The summed E-state index contributed by atoms with van der Waals surface area (Å²) >= 11 is 0. The Morgan fingerprint density at radius 1 is 1.69 bits per heavy atom. The molecule has 0 saturated carbocycles. The van der Waals surface area contributed by atoms with Gasteiger partial charge in [-0.3, -0.25) is 5.01 Å². The number of nitriles is 1. The van der Waals surface area contributed by atoms with Crippen LogP contribution in [0, 0.1) is 18.3 Å². The Hall–Kier alpha value is -2.32. The molecule has 0 atom stereocenters. The second-order valence-corrected chi connectivity index (χ2v) is 3.21. The molecule has 0 fully saturated rings. The van der Waals surface area contributed by atoms with Crippen molar-refractivity contribution < 1.29 is 0 Å². The van der Waals surface area contributed by atoms with Crippen LogP contribution in [0.5, 0.6) is 0 Å². The van der Waals surface area contributed by atoms with Crippen molar-refractivity contribution in [2.75, 3.05) is 5.01 Å². The van der Waals surface area contributed by atoms with Gasteiger partial charge in [0, 0.05) is 18.1 Å². The molecule has 5 nitrogen and oxygen atoms in total. The number of allylic oxidation sites excluding steroid dienone is 1. The highest BCUT2D eigenvalue weighted by atomic mass is 15.4. The van der Waals surface area contributed by atoms with Gasteiger partial charge >= 0.3 is 0 Å². The molecule has 5 heteroatoms. The van der Waals surface area contributed by atoms with Crippen molar-refractivity contribution in [3.8, 4) is 6.07 Å². The predicted octanol–water partition coefficient (Wildman–Crippen LogP) is 0.928. The van der Waals surface area contributed by atoms with Crippen LogP contribution in [0.25, 0.3) is 0 Å². The fourth-order valence-corrected chi connectivity index (χ4v) is 1.08. The number of aromatic nitrogens is 1. The second-order valence-electron chi connectivity index (χ2n) is 3.21. The molecule has 0 amide bonds. The van der Waals surface area contributed by atoms with Crippen LogP contribution in [-0.4, -0.2) is 4.98 Å². The van der Waals surface area contributed by atoms with E-state index >= 15 is 0 Å². The second kappa shape index (κ2) is 4.96. The zero-order chi connectivity index (χ0) is 12.1. The van der Waals surface area contributed by atoms with Gasteiger partial charge in [0.05, 0.1) is 5.56 Å². The van der Waals surface area contributed by atoms with Gasteiger partial charge in [-0.25, -0.2) is 10.8 Å². The van der Waals surface area contributed by atoms with Gasteiger partial charge < -0.3 is 5.73 Å². The predicted molar refractivity (Wildman–Crippen MR) is 62.8 cm³/mol. The van der Waals surface area contributed by atoms with Gasteiger partial charge in [-0.2, -0.15) is 5.26 Å². The van der Waals surface area contributed by atoms with E-state index in [1.807, 2.05) is 13.0 Å². The third kappa shape index (κ3) is 2.59. The van der Waals surface area contributed by atoms with Gasteiger partial charge in [-0.15, -0.1) is 0 Å². The zero-order valence-electron chi connectivity index (χ0n) is 9.01. The van der Waals surface area contributed by atoms with E-state index in [0.717, 1.165) is 5.56 Å².